The minimum atomic E-state index is 0.0249. The maximum Gasteiger partial charge on any atom is 0.272 e. The second-order valence-corrected chi connectivity index (χ2v) is 5.94. The molecule has 22 heavy (non-hydrogen) atoms. The average molecular weight is 296 g/mol. The largest absolute Gasteiger partial charge is 0.508 e. The summed E-state index contributed by atoms with van der Waals surface area (Å²) in [6.45, 7) is 3.46. The van der Waals surface area contributed by atoms with Crippen molar-refractivity contribution < 1.29 is 9.90 Å². The van der Waals surface area contributed by atoms with Crippen molar-refractivity contribution >= 4 is 5.91 Å². The fraction of sp³-hybridized carbons (Fsp3) is 0.333. The molecule has 1 unspecified atom stereocenters. The SMILES string of the molecule is Cc1cccc(C(=O)N2CCC(Cc3ccc(O)cc3)C2)n1. The minimum Gasteiger partial charge on any atom is -0.508 e. The lowest BCUT2D eigenvalue weighted by Crippen LogP contribution is -2.29. The van der Waals surface area contributed by atoms with Gasteiger partial charge in [0.15, 0.2) is 0 Å². The first-order valence-electron chi connectivity index (χ1n) is 7.62. The molecule has 1 fully saturated rings. The van der Waals surface area contributed by atoms with Crippen molar-refractivity contribution in [1.29, 1.82) is 0 Å². The van der Waals surface area contributed by atoms with Crippen LogP contribution >= 0.6 is 0 Å². The summed E-state index contributed by atoms with van der Waals surface area (Å²) in [7, 11) is 0. The van der Waals surface area contributed by atoms with Crippen molar-refractivity contribution in [2.75, 3.05) is 13.1 Å². The number of carbonyl (C=O) groups excluding carboxylic acids is 1. The molecule has 1 aromatic heterocycles. The van der Waals surface area contributed by atoms with Gasteiger partial charge in [-0.1, -0.05) is 18.2 Å². The molecule has 114 valence electrons. The molecular formula is C18H20N2O2. The van der Waals surface area contributed by atoms with Gasteiger partial charge >= 0.3 is 0 Å². The summed E-state index contributed by atoms with van der Waals surface area (Å²) in [5.74, 6) is 0.785. The Balaban J connectivity index is 1.62. The van der Waals surface area contributed by atoms with Gasteiger partial charge in [-0.25, -0.2) is 4.98 Å². The fourth-order valence-electron chi connectivity index (χ4n) is 2.97. The first kappa shape index (κ1) is 14.6. The van der Waals surface area contributed by atoms with Gasteiger partial charge in [-0.05, 0) is 55.5 Å². The van der Waals surface area contributed by atoms with Crippen LogP contribution in [0, 0.1) is 12.8 Å². The predicted molar refractivity (Wildman–Crippen MR) is 84.8 cm³/mol. The van der Waals surface area contributed by atoms with Gasteiger partial charge in [0.25, 0.3) is 5.91 Å². The summed E-state index contributed by atoms with van der Waals surface area (Å²) in [4.78, 5) is 18.7. The number of benzene rings is 1. The zero-order valence-electron chi connectivity index (χ0n) is 12.7. The van der Waals surface area contributed by atoms with Crippen LogP contribution in [0.5, 0.6) is 5.75 Å². The molecule has 2 aromatic rings. The number of aromatic hydroxyl groups is 1. The average Bonchev–Trinajstić information content (AvgIpc) is 2.97. The molecule has 0 bridgehead atoms. The van der Waals surface area contributed by atoms with E-state index in [1.54, 1.807) is 18.2 Å². The topological polar surface area (TPSA) is 53.4 Å². The van der Waals surface area contributed by atoms with Gasteiger partial charge in [0.2, 0.25) is 0 Å². The molecule has 0 saturated carbocycles. The molecule has 1 amide bonds. The highest BCUT2D eigenvalue weighted by Crippen LogP contribution is 2.23. The summed E-state index contributed by atoms with van der Waals surface area (Å²) in [5.41, 5.74) is 2.60. The third-order valence-corrected chi connectivity index (χ3v) is 4.14. The number of amides is 1. The molecule has 1 N–H and O–H groups in total. The molecule has 0 aliphatic carbocycles. The normalized spacial score (nSPS) is 17.7. The summed E-state index contributed by atoms with van der Waals surface area (Å²) in [6.07, 6.45) is 1.95. The molecule has 2 heterocycles. The van der Waals surface area contributed by atoms with Crippen LogP contribution in [0.25, 0.3) is 0 Å². The highest BCUT2D eigenvalue weighted by atomic mass is 16.3. The smallest absolute Gasteiger partial charge is 0.272 e. The standard InChI is InChI=1S/C18H20N2O2/c1-13-3-2-4-17(19-13)18(22)20-10-9-15(12-20)11-14-5-7-16(21)8-6-14/h2-8,15,21H,9-12H2,1H3. The Morgan fingerprint density at radius 3 is 2.77 bits per heavy atom. The van der Waals surface area contributed by atoms with Crippen LogP contribution in [0.3, 0.4) is 0 Å². The second kappa shape index (κ2) is 6.18. The maximum absolute atomic E-state index is 12.5. The Bertz CT molecular complexity index is 667. The van der Waals surface area contributed by atoms with E-state index in [2.05, 4.69) is 4.98 Å². The molecular weight excluding hydrogens is 276 g/mol. The molecule has 1 atom stereocenters. The summed E-state index contributed by atoms with van der Waals surface area (Å²) >= 11 is 0. The third-order valence-electron chi connectivity index (χ3n) is 4.14. The molecule has 0 spiro atoms. The van der Waals surface area contributed by atoms with E-state index in [-0.39, 0.29) is 11.7 Å². The summed E-state index contributed by atoms with van der Waals surface area (Å²) in [6, 6.07) is 12.9. The van der Waals surface area contributed by atoms with E-state index in [1.165, 1.54) is 5.56 Å². The van der Waals surface area contributed by atoms with E-state index < -0.39 is 0 Å². The van der Waals surface area contributed by atoms with Crippen molar-refractivity contribution in [3.63, 3.8) is 0 Å². The number of likely N-dealkylation sites (tertiary alicyclic amines) is 1. The summed E-state index contributed by atoms with van der Waals surface area (Å²) in [5, 5.41) is 9.32. The zero-order valence-corrected chi connectivity index (χ0v) is 12.7. The second-order valence-electron chi connectivity index (χ2n) is 5.94. The van der Waals surface area contributed by atoms with Crippen LogP contribution < -0.4 is 0 Å². The van der Waals surface area contributed by atoms with Gasteiger partial charge in [-0.3, -0.25) is 4.79 Å². The fourth-order valence-corrected chi connectivity index (χ4v) is 2.97. The number of hydrogen-bond donors (Lipinski definition) is 1. The number of pyridine rings is 1. The lowest BCUT2D eigenvalue weighted by atomic mass is 9.99. The summed E-state index contributed by atoms with van der Waals surface area (Å²) < 4.78 is 0. The van der Waals surface area contributed by atoms with Crippen molar-refractivity contribution in [3.05, 3.63) is 59.4 Å². The van der Waals surface area contributed by atoms with Crippen molar-refractivity contribution in [2.45, 2.75) is 19.8 Å². The molecule has 1 aromatic carbocycles. The van der Waals surface area contributed by atoms with Crippen LogP contribution in [-0.4, -0.2) is 34.0 Å². The number of nitrogens with zero attached hydrogens (tertiary/aromatic N) is 2. The van der Waals surface area contributed by atoms with Crippen LogP contribution in [-0.2, 0) is 6.42 Å². The van der Waals surface area contributed by atoms with E-state index >= 15 is 0 Å². The number of phenols is 1. The van der Waals surface area contributed by atoms with Crippen LogP contribution in [0.1, 0.15) is 28.2 Å². The monoisotopic (exact) mass is 296 g/mol. The van der Waals surface area contributed by atoms with Gasteiger partial charge in [0, 0.05) is 18.8 Å². The molecule has 1 aliphatic rings. The molecule has 3 rings (SSSR count). The van der Waals surface area contributed by atoms with Crippen LogP contribution in [0.4, 0.5) is 0 Å². The van der Waals surface area contributed by atoms with E-state index in [0.717, 1.165) is 31.6 Å². The number of aryl methyl sites for hydroxylation is 1. The lowest BCUT2D eigenvalue weighted by molar-refractivity contribution is 0.0781. The quantitative estimate of drug-likeness (QED) is 0.947. The van der Waals surface area contributed by atoms with Gasteiger partial charge in [0.05, 0.1) is 0 Å². The number of hydrogen-bond acceptors (Lipinski definition) is 3. The number of aromatic nitrogens is 1. The van der Waals surface area contributed by atoms with Crippen molar-refractivity contribution in [1.82, 2.24) is 9.88 Å². The Hall–Kier alpha value is -2.36. The number of rotatable bonds is 3. The van der Waals surface area contributed by atoms with Crippen LogP contribution in [0.15, 0.2) is 42.5 Å². The van der Waals surface area contributed by atoms with Crippen molar-refractivity contribution in [2.24, 2.45) is 5.92 Å². The number of carbonyl (C=O) groups is 1. The van der Waals surface area contributed by atoms with E-state index in [9.17, 15) is 9.90 Å². The van der Waals surface area contributed by atoms with Gasteiger partial charge in [-0.2, -0.15) is 0 Å². The molecule has 1 saturated heterocycles. The first-order valence-corrected chi connectivity index (χ1v) is 7.62. The van der Waals surface area contributed by atoms with E-state index in [0.29, 0.717) is 11.6 Å². The lowest BCUT2D eigenvalue weighted by Gasteiger charge is -2.16. The first-order chi connectivity index (χ1) is 10.6. The van der Waals surface area contributed by atoms with E-state index in [4.69, 9.17) is 0 Å². The zero-order chi connectivity index (χ0) is 15.5. The Kier molecular flexibility index (Phi) is 4.09. The van der Waals surface area contributed by atoms with Crippen molar-refractivity contribution in [3.8, 4) is 5.75 Å². The Morgan fingerprint density at radius 2 is 2.05 bits per heavy atom. The Labute approximate surface area is 130 Å². The molecule has 0 radical (unpaired) electrons. The van der Waals surface area contributed by atoms with Crippen LogP contribution in [0.2, 0.25) is 0 Å². The Morgan fingerprint density at radius 1 is 1.27 bits per heavy atom. The van der Waals surface area contributed by atoms with Gasteiger partial charge < -0.3 is 10.0 Å². The van der Waals surface area contributed by atoms with E-state index in [1.807, 2.05) is 36.1 Å². The molecule has 4 nitrogen and oxygen atoms in total. The number of phenolic OH excluding ortho intramolecular Hbond substituents is 1. The highest BCUT2D eigenvalue weighted by molar-refractivity contribution is 5.92. The predicted octanol–water partition coefficient (Wildman–Crippen LogP) is 2.80. The molecule has 4 heteroatoms. The maximum atomic E-state index is 12.5. The van der Waals surface area contributed by atoms with Gasteiger partial charge in [0.1, 0.15) is 11.4 Å². The third kappa shape index (κ3) is 3.27. The minimum absolute atomic E-state index is 0.0249. The highest BCUT2D eigenvalue weighted by Gasteiger charge is 2.27. The van der Waals surface area contributed by atoms with Gasteiger partial charge in [-0.15, -0.1) is 0 Å². The molecule has 1 aliphatic heterocycles.